The van der Waals surface area contributed by atoms with E-state index in [2.05, 4.69) is 23.6 Å². The van der Waals surface area contributed by atoms with Gasteiger partial charge in [0.25, 0.3) is 0 Å². The number of amides is 2. The van der Waals surface area contributed by atoms with Crippen molar-refractivity contribution in [3.8, 4) is 11.1 Å². The van der Waals surface area contributed by atoms with Crippen molar-refractivity contribution >= 4 is 23.2 Å². The minimum Gasteiger partial charge on any atom is -0.326 e. The highest BCUT2D eigenvalue weighted by Gasteiger charge is 2.31. The Bertz CT molecular complexity index is 847. The summed E-state index contributed by atoms with van der Waals surface area (Å²) in [6.07, 6.45) is 0.873. The molecule has 1 aliphatic heterocycles. The summed E-state index contributed by atoms with van der Waals surface area (Å²) >= 11 is 0. The van der Waals surface area contributed by atoms with Gasteiger partial charge in [-0.25, -0.2) is 0 Å². The van der Waals surface area contributed by atoms with Crippen molar-refractivity contribution in [3.05, 3.63) is 48.0 Å². The number of nitrogens with zero attached hydrogens (tertiary/aromatic N) is 1. The van der Waals surface area contributed by atoms with Gasteiger partial charge in [0.2, 0.25) is 11.8 Å². The van der Waals surface area contributed by atoms with E-state index in [0.717, 1.165) is 34.5 Å². The van der Waals surface area contributed by atoms with Gasteiger partial charge in [-0.2, -0.15) is 0 Å². The zero-order valence-corrected chi connectivity index (χ0v) is 15.7. The van der Waals surface area contributed by atoms with E-state index >= 15 is 0 Å². The van der Waals surface area contributed by atoms with Crippen LogP contribution < -0.4 is 15.5 Å². The van der Waals surface area contributed by atoms with Crippen LogP contribution in [0.4, 0.5) is 11.4 Å². The smallest absolute Gasteiger partial charge is 0.224 e. The number of carbonyl (C=O) groups is 2. The van der Waals surface area contributed by atoms with Crippen molar-refractivity contribution in [2.45, 2.75) is 39.3 Å². The van der Waals surface area contributed by atoms with Crippen LogP contribution in [0.1, 0.15) is 38.8 Å². The highest BCUT2D eigenvalue weighted by atomic mass is 16.2. The summed E-state index contributed by atoms with van der Waals surface area (Å²) in [6, 6.07) is 14.4. The largest absolute Gasteiger partial charge is 0.326 e. The van der Waals surface area contributed by atoms with Crippen LogP contribution in [0.5, 0.6) is 0 Å². The lowest BCUT2D eigenvalue weighted by Gasteiger charge is -2.39. The molecule has 26 heavy (non-hydrogen) atoms. The highest BCUT2D eigenvalue weighted by molar-refractivity contribution is 5.94. The number of anilines is 2. The molecule has 136 valence electrons. The molecule has 2 amide bonds. The number of fused-ring (bicyclic) bond motifs is 1. The van der Waals surface area contributed by atoms with Crippen molar-refractivity contribution in [3.63, 3.8) is 0 Å². The second-order valence-corrected chi connectivity index (χ2v) is 6.85. The minimum atomic E-state index is -0.0890. The first-order valence-electron chi connectivity index (χ1n) is 8.89. The van der Waals surface area contributed by atoms with Crippen molar-refractivity contribution in [1.29, 1.82) is 0 Å². The van der Waals surface area contributed by atoms with E-state index < -0.39 is 0 Å². The van der Waals surface area contributed by atoms with Crippen molar-refractivity contribution in [1.82, 2.24) is 5.32 Å². The quantitative estimate of drug-likeness (QED) is 0.886. The molecule has 0 aliphatic carbocycles. The molecule has 0 radical (unpaired) electrons. The summed E-state index contributed by atoms with van der Waals surface area (Å²) < 4.78 is 0. The SMILES string of the molecule is CN[C@@H]1C[C@H](C)N(C(C)=O)c2ccc(-c3cccc(NC(C)=O)c3)cc21. The Morgan fingerprint density at radius 2 is 1.81 bits per heavy atom. The zero-order valence-electron chi connectivity index (χ0n) is 15.7. The highest BCUT2D eigenvalue weighted by Crippen LogP contribution is 2.39. The van der Waals surface area contributed by atoms with Crippen LogP contribution in [0, 0.1) is 0 Å². The Balaban J connectivity index is 2.05. The van der Waals surface area contributed by atoms with Gasteiger partial charge in [0.1, 0.15) is 0 Å². The molecule has 2 N–H and O–H groups in total. The van der Waals surface area contributed by atoms with E-state index in [1.165, 1.54) is 6.92 Å². The average Bonchev–Trinajstić information content (AvgIpc) is 2.59. The van der Waals surface area contributed by atoms with E-state index in [4.69, 9.17) is 0 Å². The normalized spacial score (nSPS) is 19.0. The molecule has 1 heterocycles. The first-order valence-corrected chi connectivity index (χ1v) is 8.89. The van der Waals surface area contributed by atoms with Crippen LogP contribution in [0.25, 0.3) is 11.1 Å². The number of carbonyl (C=O) groups excluding carboxylic acids is 2. The average molecular weight is 351 g/mol. The first kappa shape index (κ1) is 18.1. The molecule has 2 aromatic carbocycles. The van der Waals surface area contributed by atoms with Crippen molar-refractivity contribution in [2.75, 3.05) is 17.3 Å². The molecule has 5 heteroatoms. The lowest BCUT2D eigenvalue weighted by Crippen LogP contribution is -2.44. The predicted molar refractivity (Wildman–Crippen MR) is 105 cm³/mol. The van der Waals surface area contributed by atoms with Gasteiger partial charge in [-0.3, -0.25) is 9.59 Å². The van der Waals surface area contributed by atoms with Crippen molar-refractivity contribution < 1.29 is 9.59 Å². The van der Waals surface area contributed by atoms with Crippen LogP contribution in [-0.4, -0.2) is 24.9 Å². The summed E-state index contributed by atoms with van der Waals surface area (Å²) in [6.45, 7) is 5.20. The maximum absolute atomic E-state index is 12.1. The van der Waals surface area contributed by atoms with Gasteiger partial charge in [-0.15, -0.1) is 0 Å². The Kier molecular flexibility index (Phi) is 5.09. The van der Waals surface area contributed by atoms with E-state index in [-0.39, 0.29) is 23.9 Å². The van der Waals surface area contributed by atoms with E-state index in [1.54, 1.807) is 6.92 Å². The second-order valence-electron chi connectivity index (χ2n) is 6.85. The van der Waals surface area contributed by atoms with Gasteiger partial charge < -0.3 is 15.5 Å². The molecule has 3 rings (SSSR count). The molecule has 5 nitrogen and oxygen atoms in total. The topological polar surface area (TPSA) is 61.4 Å². The summed E-state index contributed by atoms with van der Waals surface area (Å²) in [5.41, 5.74) is 4.97. The van der Waals surface area contributed by atoms with Crippen LogP contribution in [0.15, 0.2) is 42.5 Å². The maximum Gasteiger partial charge on any atom is 0.224 e. The third-order valence-electron chi connectivity index (χ3n) is 4.88. The molecule has 0 unspecified atom stereocenters. The zero-order chi connectivity index (χ0) is 18.8. The number of rotatable bonds is 3. The molecular formula is C21H25N3O2. The predicted octanol–water partition coefficient (Wildman–Crippen LogP) is 3.72. The van der Waals surface area contributed by atoms with Crippen molar-refractivity contribution in [2.24, 2.45) is 0 Å². The third kappa shape index (κ3) is 3.48. The second kappa shape index (κ2) is 7.30. The van der Waals surface area contributed by atoms with E-state index in [0.29, 0.717) is 0 Å². The number of hydrogen-bond donors (Lipinski definition) is 2. The molecule has 2 atom stereocenters. The summed E-state index contributed by atoms with van der Waals surface area (Å²) in [5.74, 6) is -0.0253. The molecule has 2 aromatic rings. The van der Waals surface area contributed by atoms with Crippen LogP contribution in [0.3, 0.4) is 0 Å². The van der Waals surface area contributed by atoms with Gasteiger partial charge >= 0.3 is 0 Å². The summed E-state index contributed by atoms with van der Waals surface area (Å²) in [7, 11) is 1.95. The monoisotopic (exact) mass is 351 g/mol. The fourth-order valence-corrected chi connectivity index (χ4v) is 3.78. The molecular weight excluding hydrogens is 326 g/mol. The Morgan fingerprint density at radius 3 is 2.46 bits per heavy atom. The molecule has 1 aliphatic rings. The molecule has 0 bridgehead atoms. The molecule has 0 spiro atoms. The Morgan fingerprint density at radius 1 is 1.08 bits per heavy atom. The van der Waals surface area contributed by atoms with Gasteiger partial charge in [0.05, 0.1) is 0 Å². The fourth-order valence-electron chi connectivity index (χ4n) is 3.78. The van der Waals surface area contributed by atoms with Gasteiger partial charge in [-0.05, 0) is 61.3 Å². The van der Waals surface area contributed by atoms with Gasteiger partial charge in [0, 0.05) is 37.3 Å². The molecule has 0 saturated heterocycles. The fraction of sp³-hybridized carbons (Fsp3) is 0.333. The molecule has 0 saturated carbocycles. The van der Waals surface area contributed by atoms with Crippen LogP contribution in [0.2, 0.25) is 0 Å². The van der Waals surface area contributed by atoms with Crippen LogP contribution in [-0.2, 0) is 9.59 Å². The first-order chi connectivity index (χ1) is 12.4. The third-order valence-corrected chi connectivity index (χ3v) is 4.88. The molecule has 0 fully saturated rings. The van der Waals surface area contributed by atoms with E-state index in [9.17, 15) is 9.59 Å². The van der Waals surface area contributed by atoms with Gasteiger partial charge in [0.15, 0.2) is 0 Å². The standard InChI is InChI=1S/C21H25N3O2/c1-13-10-20(22-4)19-12-17(8-9-21(19)24(13)15(3)26)16-6-5-7-18(11-16)23-14(2)25/h5-9,11-13,20,22H,10H2,1-4H3,(H,23,25)/t13-,20+/m0/s1. The Hall–Kier alpha value is -2.66. The lowest BCUT2D eigenvalue weighted by molar-refractivity contribution is -0.117. The van der Waals surface area contributed by atoms with E-state index in [1.807, 2.05) is 48.3 Å². The number of nitrogens with one attached hydrogen (secondary N) is 2. The number of hydrogen-bond acceptors (Lipinski definition) is 3. The molecule has 0 aromatic heterocycles. The minimum absolute atomic E-state index is 0.0636. The van der Waals surface area contributed by atoms with Crippen LogP contribution >= 0.6 is 0 Å². The summed E-state index contributed by atoms with van der Waals surface area (Å²) in [4.78, 5) is 25.3. The van der Waals surface area contributed by atoms with Gasteiger partial charge in [-0.1, -0.05) is 18.2 Å². The lowest BCUT2D eigenvalue weighted by atomic mass is 9.89. The summed E-state index contributed by atoms with van der Waals surface area (Å²) in [5, 5.41) is 6.19. The number of benzene rings is 2. The maximum atomic E-state index is 12.1. The Labute approximate surface area is 154 Å².